The summed E-state index contributed by atoms with van der Waals surface area (Å²) in [5.41, 5.74) is 1.81. The van der Waals surface area contributed by atoms with Gasteiger partial charge in [0.05, 0.1) is 11.1 Å². The first-order valence-electron chi connectivity index (χ1n) is 6.29. The smallest absolute Gasteiger partial charge is 0.259 e. The summed E-state index contributed by atoms with van der Waals surface area (Å²) >= 11 is 0. The molecule has 1 heterocycles. The van der Waals surface area contributed by atoms with Crippen molar-refractivity contribution < 1.29 is 9.59 Å². The standard InChI is InChI=1S/C14H18N2O2/c1-4-12(8(2)3)15-9-5-6-10-11(7-9)14(18)16-13(10)17/h5-8,12,15H,4H2,1-3H3,(H,16,17,18). The van der Waals surface area contributed by atoms with Crippen molar-refractivity contribution in [3.05, 3.63) is 29.3 Å². The average Bonchev–Trinajstić information content (AvgIpc) is 2.61. The fraction of sp³-hybridized carbons (Fsp3) is 0.429. The van der Waals surface area contributed by atoms with Gasteiger partial charge >= 0.3 is 0 Å². The van der Waals surface area contributed by atoms with Crippen LogP contribution in [0.4, 0.5) is 5.69 Å². The molecule has 2 amide bonds. The largest absolute Gasteiger partial charge is 0.382 e. The molecule has 1 unspecified atom stereocenters. The molecule has 0 bridgehead atoms. The molecule has 96 valence electrons. The zero-order chi connectivity index (χ0) is 13.3. The first-order chi connectivity index (χ1) is 8.52. The van der Waals surface area contributed by atoms with Crippen molar-refractivity contribution in [1.29, 1.82) is 0 Å². The monoisotopic (exact) mass is 246 g/mol. The van der Waals surface area contributed by atoms with E-state index in [0.717, 1.165) is 12.1 Å². The molecule has 1 aromatic carbocycles. The number of hydrogen-bond donors (Lipinski definition) is 2. The maximum Gasteiger partial charge on any atom is 0.259 e. The Morgan fingerprint density at radius 1 is 1.17 bits per heavy atom. The minimum atomic E-state index is -0.309. The molecular weight excluding hydrogens is 228 g/mol. The Morgan fingerprint density at radius 2 is 1.83 bits per heavy atom. The fourth-order valence-corrected chi connectivity index (χ4v) is 2.21. The van der Waals surface area contributed by atoms with E-state index in [2.05, 4.69) is 31.4 Å². The predicted molar refractivity (Wildman–Crippen MR) is 70.8 cm³/mol. The van der Waals surface area contributed by atoms with Crippen molar-refractivity contribution in [3.63, 3.8) is 0 Å². The summed E-state index contributed by atoms with van der Waals surface area (Å²) in [6.07, 6.45) is 1.01. The number of nitrogens with one attached hydrogen (secondary N) is 2. The number of rotatable bonds is 4. The number of carbonyl (C=O) groups is 2. The van der Waals surface area contributed by atoms with Crippen LogP contribution in [0.2, 0.25) is 0 Å². The maximum absolute atomic E-state index is 11.6. The van der Waals surface area contributed by atoms with Gasteiger partial charge in [-0.1, -0.05) is 20.8 Å². The number of imide groups is 1. The van der Waals surface area contributed by atoms with Crippen LogP contribution in [0.25, 0.3) is 0 Å². The van der Waals surface area contributed by atoms with Crippen molar-refractivity contribution >= 4 is 17.5 Å². The lowest BCUT2D eigenvalue weighted by Crippen LogP contribution is -2.24. The van der Waals surface area contributed by atoms with Gasteiger partial charge in [0.15, 0.2) is 0 Å². The zero-order valence-electron chi connectivity index (χ0n) is 10.9. The summed E-state index contributed by atoms with van der Waals surface area (Å²) in [5.74, 6) is -0.104. The van der Waals surface area contributed by atoms with Crippen LogP contribution in [0.3, 0.4) is 0 Å². The maximum atomic E-state index is 11.6. The lowest BCUT2D eigenvalue weighted by Gasteiger charge is -2.22. The lowest BCUT2D eigenvalue weighted by atomic mass is 10.0. The van der Waals surface area contributed by atoms with Gasteiger partial charge in [-0.15, -0.1) is 0 Å². The van der Waals surface area contributed by atoms with Gasteiger partial charge in [0.2, 0.25) is 0 Å². The summed E-state index contributed by atoms with van der Waals surface area (Å²) in [4.78, 5) is 23.0. The molecule has 1 atom stereocenters. The number of anilines is 1. The van der Waals surface area contributed by atoms with Crippen molar-refractivity contribution in [2.75, 3.05) is 5.32 Å². The van der Waals surface area contributed by atoms with Crippen LogP contribution in [0.15, 0.2) is 18.2 Å². The minimum Gasteiger partial charge on any atom is -0.382 e. The van der Waals surface area contributed by atoms with Gasteiger partial charge in [-0.05, 0) is 30.5 Å². The quantitative estimate of drug-likeness (QED) is 0.802. The highest BCUT2D eigenvalue weighted by Crippen LogP contribution is 2.22. The Bertz CT molecular complexity index is 495. The highest BCUT2D eigenvalue weighted by molar-refractivity contribution is 6.21. The Labute approximate surface area is 107 Å². The SMILES string of the molecule is CCC(Nc1ccc2c(c1)C(=O)NC2=O)C(C)C. The summed E-state index contributed by atoms with van der Waals surface area (Å²) < 4.78 is 0. The molecule has 2 N–H and O–H groups in total. The van der Waals surface area contributed by atoms with Crippen LogP contribution >= 0.6 is 0 Å². The number of fused-ring (bicyclic) bond motifs is 1. The summed E-state index contributed by atoms with van der Waals surface area (Å²) in [6.45, 7) is 6.44. The molecule has 4 nitrogen and oxygen atoms in total. The number of hydrogen-bond acceptors (Lipinski definition) is 3. The first-order valence-corrected chi connectivity index (χ1v) is 6.29. The Hall–Kier alpha value is -1.84. The molecule has 4 heteroatoms. The summed E-state index contributed by atoms with van der Waals surface area (Å²) in [5, 5.41) is 5.70. The summed E-state index contributed by atoms with van der Waals surface area (Å²) in [7, 11) is 0. The average molecular weight is 246 g/mol. The van der Waals surface area contributed by atoms with E-state index < -0.39 is 0 Å². The van der Waals surface area contributed by atoms with E-state index >= 15 is 0 Å². The van der Waals surface area contributed by atoms with Crippen LogP contribution in [0, 0.1) is 5.92 Å². The van der Waals surface area contributed by atoms with E-state index in [1.165, 1.54) is 0 Å². The lowest BCUT2D eigenvalue weighted by molar-refractivity contribution is 0.0879. The minimum absolute atomic E-state index is 0.308. The van der Waals surface area contributed by atoms with E-state index in [1.807, 2.05) is 6.07 Å². The third-order valence-corrected chi connectivity index (χ3v) is 3.33. The Balaban J connectivity index is 2.25. The fourth-order valence-electron chi connectivity index (χ4n) is 2.21. The molecule has 1 aliphatic rings. The number of benzene rings is 1. The van der Waals surface area contributed by atoms with Crippen molar-refractivity contribution in [1.82, 2.24) is 5.32 Å². The van der Waals surface area contributed by atoms with Crippen LogP contribution in [0.1, 0.15) is 47.9 Å². The van der Waals surface area contributed by atoms with Crippen LogP contribution in [0.5, 0.6) is 0 Å². The topological polar surface area (TPSA) is 58.2 Å². The van der Waals surface area contributed by atoms with E-state index in [4.69, 9.17) is 0 Å². The summed E-state index contributed by atoms with van der Waals surface area (Å²) in [6, 6.07) is 5.66. The van der Waals surface area contributed by atoms with Crippen molar-refractivity contribution in [3.8, 4) is 0 Å². The van der Waals surface area contributed by atoms with Crippen LogP contribution < -0.4 is 10.6 Å². The zero-order valence-corrected chi connectivity index (χ0v) is 10.9. The van der Waals surface area contributed by atoms with Gasteiger partial charge in [0.25, 0.3) is 11.8 Å². The van der Waals surface area contributed by atoms with E-state index in [1.54, 1.807) is 12.1 Å². The van der Waals surface area contributed by atoms with Gasteiger partial charge in [0.1, 0.15) is 0 Å². The van der Waals surface area contributed by atoms with Gasteiger partial charge in [-0.25, -0.2) is 0 Å². The van der Waals surface area contributed by atoms with Gasteiger partial charge < -0.3 is 5.32 Å². The second kappa shape index (κ2) is 4.80. The van der Waals surface area contributed by atoms with Gasteiger partial charge in [0, 0.05) is 11.7 Å². The third-order valence-electron chi connectivity index (χ3n) is 3.33. The van der Waals surface area contributed by atoms with Gasteiger partial charge in [-0.3, -0.25) is 14.9 Å². The van der Waals surface area contributed by atoms with Gasteiger partial charge in [-0.2, -0.15) is 0 Å². The van der Waals surface area contributed by atoms with E-state index in [9.17, 15) is 9.59 Å². The highest BCUT2D eigenvalue weighted by atomic mass is 16.2. The van der Waals surface area contributed by atoms with Crippen LogP contribution in [-0.4, -0.2) is 17.9 Å². The molecule has 0 saturated heterocycles. The normalized spacial score (nSPS) is 15.6. The molecule has 0 fully saturated rings. The molecule has 2 rings (SSSR count). The molecule has 0 radical (unpaired) electrons. The Kier molecular flexibility index (Phi) is 3.36. The first kappa shape index (κ1) is 12.6. The highest BCUT2D eigenvalue weighted by Gasteiger charge is 2.26. The van der Waals surface area contributed by atoms with E-state index in [-0.39, 0.29) is 11.8 Å². The molecule has 1 aromatic rings. The predicted octanol–water partition coefficient (Wildman–Crippen LogP) is 2.42. The Morgan fingerprint density at radius 3 is 2.44 bits per heavy atom. The molecule has 0 saturated carbocycles. The molecular formula is C14H18N2O2. The van der Waals surface area contributed by atoms with Crippen molar-refractivity contribution in [2.24, 2.45) is 5.92 Å². The molecule has 18 heavy (non-hydrogen) atoms. The number of carbonyl (C=O) groups excluding carboxylic acids is 2. The van der Waals surface area contributed by atoms with Crippen LogP contribution in [-0.2, 0) is 0 Å². The van der Waals surface area contributed by atoms with Crippen molar-refractivity contribution in [2.45, 2.75) is 33.2 Å². The molecule has 0 aliphatic carbocycles. The second-order valence-electron chi connectivity index (χ2n) is 4.95. The molecule has 1 aliphatic heterocycles. The molecule has 0 aromatic heterocycles. The second-order valence-corrected chi connectivity index (χ2v) is 4.95. The molecule has 0 spiro atoms. The third kappa shape index (κ3) is 2.23. The van der Waals surface area contributed by atoms with E-state index in [0.29, 0.717) is 23.1 Å². The number of amides is 2.